The summed E-state index contributed by atoms with van der Waals surface area (Å²) < 4.78 is 18.9. The van der Waals surface area contributed by atoms with Gasteiger partial charge in [-0.2, -0.15) is 0 Å². The molecule has 0 fully saturated rings. The Balaban J connectivity index is 4.06. The third kappa shape index (κ3) is 68.8. The second-order valence-corrected chi connectivity index (χ2v) is 7.39. The molecule has 0 atom stereocenters. The second-order valence-electron chi connectivity index (χ2n) is 0.589. The molecule has 0 rings (SSSR count). The van der Waals surface area contributed by atoms with Crippen molar-refractivity contribution in [1.82, 2.24) is 0 Å². The molecule has 5 heavy (non-hydrogen) atoms. The summed E-state index contributed by atoms with van der Waals surface area (Å²) in [7, 11) is -3.04. The zero-order valence-electron chi connectivity index (χ0n) is 2.38. The summed E-state index contributed by atoms with van der Waals surface area (Å²) >= 11 is 0.114. The Labute approximate surface area is 42.1 Å². The van der Waals surface area contributed by atoms with E-state index in [1.165, 1.54) is 0 Å². The third-order valence-corrected chi connectivity index (χ3v) is 0. The molecule has 0 aliphatic heterocycles. The molecular formula is H3NO2SSn. The summed E-state index contributed by atoms with van der Waals surface area (Å²) in [6.07, 6.45) is 0. The van der Waals surface area contributed by atoms with E-state index in [0.717, 1.165) is 0 Å². The van der Waals surface area contributed by atoms with Crippen LogP contribution in [0.1, 0.15) is 0 Å². The first-order valence-electron chi connectivity index (χ1n) is 0.805. The van der Waals surface area contributed by atoms with Gasteiger partial charge >= 0.3 is 41.9 Å². The predicted molar refractivity (Wildman–Crippen MR) is 20.3 cm³/mol. The summed E-state index contributed by atoms with van der Waals surface area (Å²) in [5.74, 6) is 0. The fraction of sp³-hybridized carbons (Fsp3) is 0. The molecule has 0 heterocycles. The van der Waals surface area contributed by atoms with Crippen LogP contribution in [0.5, 0.6) is 0 Å². The van der Waals surface area contributed by atoms with Crippen molar-refractivity contribution in [3.63, 3.8) is 0 Å². The van der Waals surface area contributed by atoms with E-state index in [1.54, 1.807) is 0 Å². The van der Waals surface area contributed by atoms with Crippen molar-refractivity contribution in [2.24, 2.45) is 5.14 Å². The molecule has 0 saturated carbocycles. The van der Waals surface area contributed by atoms with Gasteiger partial charge in [-0.15, -0.1) is 0 Å². The maximum absolute atomic E-state index is 9.47. The first-order valence-corrected chi connectivity index (χ1v) is 6.45. The summed E-state index contributed by atoms with van der Waals surface area (Å²) in [6.45, 7) is 0. The molecule has 0 aromatic heterocycles. The number of nitrogens with two attached hydrogens (primary N) is 1. The normalized spacial score (nSPS) is 11.6. The number of rotatable bonds is 0. The van der Waals surface area contributed by atoms with Gasteiger partial charge in [0.05, 0.1) is 0 Å². The molecule has 5 heteroatoms. The summed E-state index contributed by atoms with van der Waals surface area (Å²) in [6, 6.07) is 0. The molecule has 0 bridgehead atoms. The molecule has 0 saturated heterocycles. The molecule has 0 aromatic rings. The van der Waals surface area contributed by atoms with E-state index in [4.69, 9.17) is 0 Å². The van der Waals surface area contributed by atoms with E-state index >= 15 is 0 Å². The summed E-state index contributed by atoms with van der Waals surface area (Å²) in [5.41, 5.74) is 0. The number of hydrogen-bond donors (Lipinski definition) is 1. The Morgan fingerprint density at radius 1 is 1.60 bits per heavy atom. The molecule has 30 valence electrons. The standard InChI is InChI=1S/H2NO2S.Sn.H/c1-4(2)3;;/h(H2,1,2,3);;. The van der Waals surface area contributed by atoms with Gasteiger partial charge in [0.1, 0.15) is 0 Å². The zero-order valence-corrected chi connectivity index (χ0v) is 6.49. The molecule has 0 aliphatic rings. The molecule has 3 nitrogen and oxygen atoms in total. The van der Waals surface area contributed by atoms with Crippen molar-refractivity contribution in [3.8, 4) is 0 Å². The molecule has 2 N–H and O–H groups in total. The first-order chi connectivity index (χ1) is 2.00. The molecular weight excluding hydrogens is 197 g/mol. The average Bonchev–Trinajstić information content (AvgIpc) is 0.722. The predicted octanol–water partition coefficient (Wildman–Crippen LogP) is -1.91. The van der Waals surface area contributed by atoms with Crippen LogP contribution in [0.2, 0.25) is 0 Å². The van der Waals surface area contributed by atoms with Crippen LogP contribution in [0.4, 0.5) is 0 Å². The Kier molecular flexibility index (Phi) is 1.64. The van der Waals surface area contributed by atoms with E-state index in [9.17, 15) is 8.42 Å². The fourth-order valence-electron chi connectivity index (χ4n) is 0. The Morgan fingerprint density at radius 2 is 1.60 bits per heavy atom. The molecule has 0 spiro atoms. The van der Waals surface area contributed by atoms with Gasteiger partial charge in [0.25, 0.3) is 0 Å². The summed E-state index contributed by atoms with van der Waals surface area (Å²) in [5, 5.41) is 4.38. The summed E-state index contributed by atoms with van der Waals surface area (Å²) in [4.78, 5) is 0. The van der Waals surface area contributed by atoms with E-state index in [0.29, 0.717) is 0 Å². The second kappa shape index (κ2) is 1.44. The van der Waals surface area contributed by atoms with Crippen LogP contribution in [0.25, 0.3) is 0 Å². The molecule has 2 radical (unpaired) electrons. The van der Waals surface area contributed by atoms with Crippen molar-refractivity contribution in [2.75, 3.05) is 0 Å². The fourth-order valence-corrected chi connectivity index (χ4v) is 0. The Morgan fingerprint density at radius 3 is 1.60 bits per heavy atom. The van der Waals surface area contributed by atoms with E-state index in [2.05, 4.69) is 5.14 Å². The van der Waals surface area contributed by atoms with Gasteiger partial charge in [-0.25, -0.2) is 0 Å². The van der Waals surface area contributed by atoms with E-state index in [1.807, 2.05) is 0 Å². The van der Waals surface area contributed by atoms with Crippen molar-refractivity contribution in [1.29, 1.82) is 0 Å². The SMILES string of the molecule is N[S](=O)(=O)[SnH]. The van der Waals surface area contributed by atoms with Crippen LogP contribution in [0.15, 0.2) is 0 Å². The van der Waals surface area contributed by atoms with Crippen LogP contribution in [0, 0.1) is 0 Å². The van der Waals surface area contributed by atoms with Gasteiger partial charge in [0.15, 0.2) is 0 Å². The first kappa shape index (κ1) is 5.71. The van der Waals surface area contributed by atoms with Crippen molar-refractivity contribution in [2.45, 2.75) is 0 Å². The zero-order chi connectivity index (χ0) is 4.50. The third-order valence-electron chi connectivity index (χ3n) is 0. The van der Waals surface area contributed by atoms with Crippen LogP contribution < -0.4 is 5.14 Å². The quantitative estimate of drug-likeness (QED) is 0.463. The van der Waals surface area contributed by atoms with Gasteiger partial charge in [0, 0.05) is 0 Å². The topological polar surface area (TPSA) is 60.2 Å². The number of hydrogen-bond acceptors (Lipinski definition) is 2. The van der Waals surface area contributed by atoms with Crippen molar-refractivity contribution < 1.29 is 8.42 Å². The van der Waals surface area contributed by atoms with Crippen LogP contribution in [-0.2, 0) is 7.21 Å². The van der Waals surface area contributed by atoms with Gasteiger partial charge in [-0.3, -0.25) is 0 Å². The molecule has 0 amide bonds. The maximum atomic E-state index is 9.47. The monoisotopic (exact) mass is 201 g/mol. The van der Waals surface area contributed by atoms with Crippen LogP contribution in [-0.4, -0.2) is 29.6 Å². The minimum absolute atomic E-state index is 0.114. The van der Waals surface area contributed by atoms with Crippen molar-refractivity contribution in [3.05, 3.63) is 0 Å². The Hall–Kier alpha value is 0.709. The van der Waals surface area contributed by atoms with Crippen LogP contribution >= 0.6 is 0 Å². The van der Waals surface area contributed by atoms with Gasteiger partial charge < -0.3 is 0 Å². The Bertz CT molecular complexity index is 92.8. The van der Waals surface area contributed by atoms with Gasteiger partial charge in [0.2, 0.25) is 0 Å². The van der Waals surface area contributed by atoms with E-state index < -0.39 is 7.21 Å². The average molecular weight is 200 g/mol. The molecule has 0 unspecified atom stereocenters. The molecule has 0 aromatic carbocycles. The van der Waals surface area contributed by atoms with Crippen molar-refractivity contribution >= 4 is 28.3 Å². The minimum atomic E-state index is -3.04. The molecule has 0 aliphatic carbocycles. The van der Waals surface area contributed by atoms with Gasteiger partial charge in [-0.05, 0) is 0 Å². The van der Waals surface area contributed by atoms with Crippen LogP contribution in [0.3, 0.4) is 0 Å². The van der Waals surface area contributed by atoms with E-state index in [-0.39, 0.29) is 21.1 Å². The van der Waals surface area contributed by atoms with Gasteiger partial charge in [-0.1, -0.05) is 0 Å².